The molecule has 2 aliphatic rings. The Labute approximate surface area is 125 Å². The molecule has 1 aromatic heterocycles. The molecule has 1 spiro atoms. The summed E-state index contributed by atoms with van der Waals surface area (Å²) in [7, 11) is 0. The van der Waals surface area contributed by atoms with Crippen molar-refractivity contribution in [2.45, 2.75) is 44.3 Å². The molecule has 2 aliphatic heterocycles. The van der Waals surface area contributed by atoms with Crippen LogP contribution in [-0.2, 0) is 9.53 Å². The van der Waals surface area contributed by atoms with Crippen LogP contribution < -0.4 is 5.32 Å². The van der Waals surface area contributed by atoms with Gasteiger partial charge in [0, 0.05) is 32.8 Å². The van der Waals surface area contributed by atoms with Crippen molar-refractivity contribution in [2.24, 2.45) is 0 Å². The highest BCUT2D eigenvalue weighted by atomic mass is 16.5. The van der Waals surface area contributed by atoms with Gasteiger partial charge in [-0.1, -0.05) is 6.07 Å². The first-order chi connectivity index (χ1) is 10.2. The van der Waals surface area contributed by atoms with Crippen LogP contribution >= 0.6 is 0 Å². The van der Waals surface area contributed by atoms with Crippen LogP contribution in [0.2, 0.25) is 0 Å². The summed E-state index contributed by atoms with van der Waals surface area (Å²) >= 11 is 0. The summed E-state index contributed by atoms with van der Waals surface area (Å²) in [6.45, 7) is 4.00. The van der Waals surface area contributed by atoms with Crippen molar-refractivity contribution in [3.8, 4) is 0 Å². The molecule has 0 radical (unpaired) electrons. The summed E-state index contributed by atoms with van der Waals surface area (Å²) in [5, 5.41) is 3.34. The number of pyridine rings is 1. The lowest BCUT2D eigenvalue weighted by Gasteiger charge is -2.38. The third-order valence-corrected chi connectivity index (χ3v) is 4.51. The number of aromatic nitrogens is 1. The van der Waals surface area contributed by atoms with Crippen molar-refractivity contribution in [2.75, 3.05) is 25.0 Å². The Morgan fingerprint density at radius 1 is 1.52 bits per heavy atom. The van der Waals surface area contributed by atoms with E-state index >= 15 is 0 Å². The lowest BCUT2D eigenvalue weighted by molar-refractivity contribution is -0.135. The zero-order valence-electron chi connectivity index (χ0n) is 12.5. The average Bonchev–Trinajstić information content (AvgIpc) is 2.90. The predicted molar refractivity (Wildman–Crippen MR) is 81.1 cm³/mol. The van der Waals surface area contributed by atoms with Gasteiger partial charge in [-0.3, -0.25) is 4.79 Å². The third-order valence-electron chi connectivity index (χ3n) is 4.51. The lowest BCUT2D eigenvalue weighted by Crippen LogP contribution is -2.45. The van der Waals surface area contributed by atoms with E-state index < -0.39 is 0 Å². The number of ether oxygens (including phenoxy) is 1. The number of hydrogen-bond acceptors (Lipinski definition) is 4. The van der Waals surface area contributed by atoms with Gasteiger partial charge in [-0.25, -0.2) is 4.98 Å². The normalized spacial score (nSPS) is 28.8. The number of likely N-dealkylation sites (tertiary alicyclic amines) is 1. The molecule has 0 bridgehead atoms. The van der Waals surface area contributed by atoms with Crippen LogP contribution in [0.25, 0.3) is 0 Å². The van der Waals surface area contributed by atoms with E-state index in [0.29, 0.717) is 0 Å². The summed E-state index contributed by atoms with van der Waals surface area (Å²) in [4.78, 5) is 17.7. The molecule has 0 aromatic carbocycles. The van der Waals surface area contributed by atoms with Crippen LogP contribution in [0.15, 0.2) is 24.4 Å². The third kappa shape index (κ3) is 3.35. The van der Waals surface area contributed by atoms with Gasteiger partial charge in [0.05, 0.1) is 11.7 Å². The van der Waals surface area contributed by atoms with E-state index in [1.54, 1.807) is 13.1 Å². The van der Waals surface area contributed by atoms with Crippen molar-refractivity contribution >= 4 is 11.7 Å². The number of amides is 1. The predicted octanol–water partition coefficient (Wildman–Crippen LogP) is 2.05. The summed E-state index contributed by atoms with van der Waals surface area (Å²) in [6.07, 6.45) is 6.26. The Kier molecular flexibility index (Phi) is 4.10. The SMILES string of the molecule is CC(=O)N1CC[C@@]2(CCC[C@@H](CNc3ccccn3)O2)C1. The number of anilines is 1. The highest BCUT2D eigenvalue weighted by Gasteiger charge is 2.43. The zero-order valence-corrected chi connectivity index (χ0v) is 12.5. The average molecular weight is 289 g/mol. The maximum absolute atomic E-state index is 11.5. The van der Waals surface area contributed by atoms with Crippen molar-refractivity contribution in [1.29, 1.82) is 0 Å². The number of nitrogens with zero attached hydrogens (tertiary/aromatic N) is 2. The van der Waals surface area contributed by atoms with Gasteiger partial charge in [0.25, 0.3) is 0 Å². The van der Waals surface area contributed by atoms with Crippen molar-refractivity contribution < 1.29 is 9.53 Å². The van der Waals surface area contributed by atoms with Crippen LogP contribution in [0.1, 0.15) is 32.6 Å². The van der Waals surface area contributed by atoms with Gasteiger partial charge in [-0.15, -0.1) is 0 Å². The van der Waals surface area contributed by atoms with E-state index in [2.05, 4.69) is 10.3 Å². The molecule has 114 valence electrons. The standard InChI is InChI=1S/C16H23N3O2/c1-13(20)19-10-8-16(12-19)7-4-5-14(21-16)11-18-15-6-2-3-9-17-15/h2-3,6,9,14H,4-5,7-8,10-12H2,1H3,(H,17,18)/t14-,16-/m0/s1. The minimum Gasteiger partial charge on any atom is -0.368 e. The molecule has 2 atom stereocenters. The number of carbonyl (C=O) groups excluding carboxylic acids is 1. The van der Waals surface area contributed by atoms with Gasteiger partial charge in [0.1, 0.15) is 5.82 Å². The molecular weight excluding hydrogens is 266 g/mol. The lowest BCUT2D eigenvalue weighted by atomic mass is 9.90. The summed E-state index contributed by atoms with van der Waals surface area (Å²) in [5.74, 6) is 1.04. The minimum absolute atomic E-state index is 0.111. The second kappa shape index (κ2) is 6.02. The molecule has 5 nitrogen and oxygen atoms in total. The molecule has 0 unspecified atom stereocenters. The van der Waals surface area contributed by atoms with Crippen LogP contribution in [0, 0.1) is 0 Å². The molecular formula is C16H23N3O2. The van der Waals surface area contributed by atoms with Crippen molar-refractivity contribution in [3.05, 3.63) is 24.4 Å². The number of hydrogen-bond donors (Lipinski definition) is 1. The Morgan fingerprint density at radius 2 is 2.43 bits per heavy atom. The van der Waals surface area contributed by atoms with Gasteiger partial charge < -0.3 is 15.0 Å². The van der Waals surface area contributed by atoms with Gasteiger partial charge in [0.15, 0.2) is 0 Å². The molecule has 2 saturated heterocycles. The fourth-order valence-corrected chi connectivity index (χ4v) is 3.37. The van der Waals surface area contributed by atoms with E-state index in [1.165, 1.54) is 6.42 Å². The number of nitrogens with one attached hydrogen (secondary N) is 1. The number of carbonyl (C=O) groups is 1. The van der Waals surface area contributed by atoms with E-state index in [9.17, 15) is 4.79 Å². The summed E-state index contributed by atoms with van der Waals surface area (Å²) in [5.41, 5.74) is -0.111. The topological polar surface area (TPSA) is 54.5 Å². The van der Waals surface area contributed by atoms with Gasteiger partial charge >= 0.3 is 0 Å². The maximum atomic E-state index is 11.5. The minimum atomic E-state index is -0.111. The van der Waals surface area contributed by atoms with E-state index in [0.717, 1.165) is 44.7 Å². The van der Waals surface area contributed by atoms with E-state index in [-0.39, 0.29) is 17.6 Å². The Morgan fingerprint density at radius 3 is 3.14 bits per heavy atom. The number of rotatable bonds is 3. The fraction of sp³-hybridized carbons (Fsp3) is 0.625. The highest BCUT2D eigenvalue weighted by Crippen LogP contribution is 2.36. The van der Waals surface area contributed by atoms with Crippen molar-refractivity contribution in [1.82, 2.24) is 9.88 Å². The molecule has 21 heavy (non-hydrogen) atoms. The second-order valence-electron chi connectivity index (χ2n) is 6.10. The van der Waals surface area contributed by atoms with Crippen LogP contribution in [0.4, 0.5) is 5.82 Å². The summed E-state index contributed by atoms with van der Waals surface area (Å²) in [6, 6.07) is 5.85. The second-order valence-corrected chi connectivity index (χ2v) is 6.10. The van der Waals surface area contributed by atoms with Gasteiger partial charge in [-0.05, 0) is 37.8 Å². The highest BCUT2D eigenvalue weighted by molar-refractivity contribution is 5.73. The first-order valence-electron chi connectivity index (χ1n) is 7.75. The Balaban J connectivity index is 1.55. The van der Waals surface area contributed by atoms with Crippen LogP contribution in [0.5, 0.6) is 0 Å². The van der Waals surface area contributed by atoms with Crippen LogP contribution in [-0.4, -0.2) is 47.1 Å². The molecule has 1 N–H and O–H groups in total. The zero-order chi connectivity index (χ0) is 14.7. The van der Waals surface area contributed by atoms with E-state index in [4.69, 9.17) is 4.74 Å². The first kappa shape index (κ1) is 14.3. The first-order valence-corrected chi connectivity index (χ1v) is 7.75. The molecule has 0 aliphatic carbocycles. The monoisotopic (exact) mass is 289 g/mol. The Bertz CT molecular complexity index is 494. The molecule has 5 heteroatoms. The molecule has 1 amide bonds. The Hall–Kier alpha value is -1.62. The largest absolute Gasteiger partial charge is 0.368 e. The maximum Gasteiger partial charge on any atom is 0.219 e. The summed E-state index contributed by atoms with van der Waals surface area (Å²) < 4.78 is 6.35. The molecule has 3 rings (SSSR count). The quantitative estimate of drug-likeness (QED) is 0.925. The van der Waals surface area contributed by atoms with Crippen LogP contribution in [0.3, 0.4) is 0 Å². The smallest absolute Gasteiger partial charge is 0.219 e. The molecule has 2 fully saturated rings. The van der Waals surface area contributed by atoms with E-state index in [1.807, 2.05) is 23.1 Å². The fourth-order valence-electron chi connectivity index (χ4n) is 3.37. The molecule has 1 aromatic rings. The van der Waals surface area contributed by atoms with Gasteiger partial charge in [-0.2, -0.15) is 0 Å². The molecule has 0 saturated carbocycles. The van der Waals surface area contributed by atoms with Gasteiger partial charge in [0.2, 0.25) is 5.91 Å². The molecule has 3 heterocycles. The van der Waals surface area contributed by atoms with Crippen molar-refractivity contribution in [3.63, 3.8) is 0 Å².